The van der Waals surface area contributed by atoms with Gasteiger partial charge in [-0.15, -0.1) is 0 Å². The zero-order chi connectivity index (χ0) is 13.5. The summed E-state index contributed by atoms with van der Waals surface area (Å²) < 4.78 is 5.34. The number of benzene rings is 1. The SMILES string of the molecule is Cc1cc(CNCCCN2CCOCC2)ccc1Cl. The van der Waals surface area contributed by atoms with E-state index in [-0.39, 0.29) is 0 Å². The average molecular weight is 283 g/mol. The number of aryl methyl sites for hydroxylation is 1. The van der Waals surface area contributed by atoms with Crippen LogP contribution in [0.1, 0.15) is 17.5 Å². The Morgan fingerprint density at radius 2 is 2.11 bits per heavy atom. The van der Waals surface area contributed by atoms with Crippen molar-refractivity contribution in [2.24, 2.45) is 0 Å². The molecule has 1 fully saturated rings. The van der Waals surface area contributed by atoms with Crippen LogP contribution in [-0.2, 0) is 11.3 Å². The summed E-state index contributed by atoms with van der Waals surface area (Å²) in [6.07, 6.45) is 1.19. The van der Waals surface area contributed by atoms with E-state index in [1.165, 1.54) is 12.0 Å². The lowest BCUT2D eigenvalue weighted by Crippen LogP contribution is -2.37. The molecule has 0 bridgehead atoms. The molecule has 1 aromatic rings. The average Bonchev–Trinajstić information content (AvgIpc) is 2.43. The first-order valence-electron chi connectivity index (χ1n) is 7.01. The van der Waals surface area contributed by atoms with E-state index in [0.717, 1.165) is 56.5 Å². The lowest BCUT2D eigenvalue weighted by molar-refractivity contribution is 0.0374. The highest BCUT2D eigenvalue weighted by Gasteiger charge is 2.08. The molecule has 0 amide bonds. The molecule has 4 heteroatoms. The zero-order valence-electron chi connectivity index (χ0n) is 11.6. The topological polar surface area (TPSA) is 24.5 Å². The van der Waals surface area contributed by atoms with Gasteiger partial charge in [0.05, 0.1) is 13.2 Å². The van der Waals surface area contributed by atoms with Crippen LogP contribution in [0.25, 0.3) is 0 Å². The van der Waals surface area contributed by atoms with Crippen molar-refractivity contribution in [3.63, 3.8) is 0 Å². The van der Waals surface area contributed by atoms with Gasteiger partial charge >= 0.3 is 0 Å². The number of ether oxygens (including phenoxy) is 1. The Morgan fingerprint density at radius 1 is 1.32 bits per heavy atom. The maximum absolute atomic E-state index is 6.01. The summed E-state index contributed by atoms with van der Waals surface area (Å²) in [5, 5.41) is 4.33. The smallest absolute Gasteiger partial charge is 0.0594 e. The van der Waals surface area contributed by atoms with Crippen LogP contribution in [0.2, 0.25) is 5.02 Å². The highest BCUT2D eigenvalue weighted by atomic mass is 35.5. The molecule has 2 rings (SSSR count). The third-order valence-electron chi connectivity index (χ3n) is 3.48. The molecule has 0 aromatic heterocycles. The van der Waals surface area contributed by atoms with E-state index < -0.39 is 0 Å². The van der Waals surface area contributed by atoms with E-state index in [0.29, 0.717) is 0 Å². The quantitative estimate of drug-likeness (QED) is 0.811. The fourth-order valence-electron chi connectivity index (χ4n) is 2.30. The Labute approximate surface area is 120 Å². The minimum absolute atomic E-state index is 0.844. The van der Waals surface area contributed by atoms with Gasteiger partial charge in [-0.25, -0.2) is 0 Å². The molecule has 1 aliphatic rings. The molecular weight excluding hydrogens is 260 g/mol. The first kappa shape index (κ1) is 14.8. The molecule has 0 atom stereocenters. The van der Waals surface area contributed by atoms with Gasteiger partial charge < -0.3 is 10.1 Å². The van der Waals surface area contributed by atoms with Crippen LogP contribution in [0.5, 0.6) is 0 Å². The number of halogens is 1. The predicted molar refractivity (Wildman–Crippen MR) is 79.8 cm³/mol. The van der Waals surface area contributed by atoms with Crippen molar-refractivity contribution in [3.8, 4) is 0 Å². The Hall–Kier alpha value is -0.610. The standard InChI is InChI=1S/C15H23ClN2O/c1-13-11-14(3-4-15(13)16)12-17-5-2-6-18-7-9-19-10-8-18/h3-4,11,17H,2,5-10,12H2,1H3. The normalized spacial score (nSPS) is 16.7. The monoisotopic (exact) mass is 282 g/mol. The predicted octanol–water partition coefficient (Wildman–Crippen LogP) is 2.46. The molecule has 3 nitrogen and oxygen atoms in total. The fourth-order valence-corrected chi connectivity index (χ4v) is 2.42. The maximum atomic E-state index is 6.01. The van der Waals surface area contributed by atoms with Crippen LogP contribution in [0.3, 0.4) is 0 Å². The number of hydrogen-bond acceptors (Lipinski definition) is 3. The van der Waals surface area contributed by atoms with Gasteiger partial charge in [0.25, 0.3) is 0 Å². The van der Waals surface area contributed by atoms with E-state index >= 15 is 0 Å². The lowest BCUT2D eigenvalue weighted by Gasteiger charge is -2.26. The fraction of sp³-hybridized carbons (Fsp3) is 0.600. The Bertz CT molecular complexity index is 392. The maximum Gasteiger partial charge on any atom is 0.0594 e. The molecule has 0 radical (unpaired) electrons. The molecule has 0 saturated carbocycles. The summed E-state index contributed by atoms with van der Waals surface area (Å²) in [5.41, 5.74) is 2.45. The van der Waals surface area contributed by atoms with Crippen LogP contribution < -0.4 is 5.32 Å². The molecule has 1 N–H and O–H groups in total. The Balaban J connectivity index is 1.59. The second-order valence-electron chi connectivity index (χ2n) is 5.07. The summed E-state index contributed by atoms with van der Waals surface area (Å²) in [7, 11) is 0. The third kappa shape index (κ3) is 5.11. The van der Waals surface area contributed by atoms with E-state index in [1.54, 1.807) is 0 Å². The van der Waals surface area contributed by atoms with E-state index in [4.69, 9.17) is 16.3 Å². The minimum Gasteiger partial charge on any atom is -0.379 e. The zero-order valence-corrected chi connectivity index (χ0v) is 12.4. The molecule has 1 saturated heterocycles. The Morgan fingerprint density at radius 3 is 2.84 bits per heavy atom. The summed E-state index contributed by atoms with van der Waals surface area (Å²) >= 11 is 6.01. The van der Waals surface area contributed by atoms with Crippen LogP contribution in [0.4, 0.5) is 0 Å². The van der Waals surface area contributed by atoms with Gasteiger partial charge in [-0.05, 0) is 43.6 Å². The van der Waals surface area contributed by atoms with Gasteiger partial charge in [0.2, 0.25) is 0 Å². The van der Waals surface area contributed by atoms with Crippen molar-refractivity contribution in [2.75, 3.05) is 39.4 Å². The van der Waals surface area contributed by atoms with E-state index in [9.17, 15) is 0 Å². The van der Waals surface area contributed by atoms with Gasteiger partial charge in [-0.1, -0.05) is 23.7 Å². The molecular formula is C15H23ClN2O. The molecule has 0 aliphatic carbocycles. The Kier molecular flexibility index (Phi) is 6.11. The number of nitrogens with zero attached hydrogens (tertiary/aromatic N) is 1. The summed E-state index contributed by atoms with van der Waals surface area (Å²) in [4.78, 5) is 2.47. The summed E-state index contributed by atoms with van der Waals surface area (Å²) in [5.74, 6) is 0. The lowest BCUT2D eigenvalue weighted by atomic mass is 10.1. The first-order chi connectivity index (χ1) is 9.25. The van der Waals surface area contributed by atoms with Crippen molar-refractivity contribution >= 4 is 11.6 Å². The van der Waals surface area contributed by atoms with Gasteiger partial charge in [0, 0.05) is 24.7 Å². The number of nitrogens with one attached hydrogen (secondary N) is 1. The van der Waals surface area contributed by atoms with Crippen LogP contribution in [0, 0.1) is 6.92 Å². The summed E-state index contributed by atoms with van der Waals surface area (Å²) in [6.45, 7) is 9.11. The van der Waals surface area contributed by atoms with Crippen molar-refractivity contribution in [1.29, 1.82) is 0 Å². The van der Waals surface area contributed by atoms with Crippen LogP contribution >= 0.6 is 11.6 Å². The molecule has 1 aromatic carbocycles. The van der Waals surface area contributed by atoms with Gasteiger partial charge in [-0.3, -0.25) is 4.90 Å². The number of rotatable bonds is 6. The molecule has 19 heavy (non-hydrogen) atoms. The third-order valence-corrected chi connectivity index (χ3v) is 3.91. The van der Waals surface area contributed by atoms with Crippen LogP contribution in [0.15, 0.2) is 18.2 Å². The first-order valence-corrected chi connectivity index (χ1v) is 7.39. The van der Waals surface area contributed by atoms with Gasteiger partial charge in [0.15, 0.2) is 0 Å². The van der Waals surface area contributed by atoms with Crippen molar-refractivity contribution in [3.05, 3.63) is 34.3 Å². The second kappa shape index (κ2) is 7.85. The van der Waals surface area contributed by atoms with E-state index in [2.05, 4.69) is 22.3 Å². The highest BCUT2D eigenvalue weighted by molar-refractivity contribution is 6.31. The van der Waals surface area contributed by atoms with Gasteiger partial charge in [0.1, 0.15) is 0 Å². The molecule has 1 heterocycles. The number of morpholine rings is 1. The highest BCUT2D eigenvalue weighted by Crippen LogP contribution is 2.15. The van der Waals surface area contributed by atoms with Crippen LogP contribution in [-0.4, -0.2) is 44.3 Å². The second-order valence-corrected chi connectivity index (χ2v) is 5.48. The molecule has 0 spiro atoms. The largest absolute Gasteiger partial charge is 0.379 e. The molecule has 0 unspecified atom stereocenters. The van der Waals surface area contributed by atoms with E-state index in [1.807, 2.05) is 13.0 Å². The molecule has 1 aliphatic heterocycles. The van der Waals surface area contributed by atoms with Crippen molar-refractivity contribution in [1.82, 2.24) is 10.2 Å². The number of hydrogen-bond donors (Lipinski definition) is 1. The summed E-state index contributed by atoms with van der Waals surface area (Å²) in [6, 6.07) is 6.21. The van der Waals surface area contributed by atoms with Crippen molar-refractivity contribution in [2.45, 2.75) is 19.9 Å². The minimum atomic E-state index is 0.844. The molecule has 106 valence electrons. The van der Waals surface area contributed by atoms with Gasteiger partial charge in [-0.2, -0.15) is 0 Å². The van der Waals surface area contributed by atoms with Crippen molar-refractivity contribution < 1.29 is 4.74 Å².